The van der Waals surface area contributed by atoms with Gasteiger partial charge in [0.15, 0.2) is 0 Å². The van der Waals surface area contributed by atoms with Crippen molar-refractivity contribution in [3.63, 3.8) is 0 Å². The number of amides is 1. The van der Waals surface area contributed by atoms with E-state index in [0.717, 1.165) is 11.1 Å². The van der Waals surface area contributed by atoms with Gasteiger partial charge in [-0.25, -0.2) is 0 Å². The number of halogens is 1. The zero-order chi connectivity index (χ0) is 25.1. The Morgan fingerprint density at radius 1 is 0.750 bits per heavy atom. The minimum absolute atomic E-state index is 0.0294. The first-order valence-corrected chi connectivity index (χ1v) is 12.6. The third kappa shape index (κ3) is 4.84. The van der Waals surface area contributed by atoms with Crippen LogP contribution in [0.5, 0.6) is 0 Å². The van der Waals surface area contributed by atoms with Gasteiger partial charge in [-0.1, -0.05) is 96.5 Å². The van der Waals surface area contributed by atoms with Crippen LogP contribution in [0.2, 0.25) is 0 Å². The fourth-order valence-corrected chi connectivity index (χ4v) is 5.35. The highest BCUT2D eigenvalue weighted by Crippen LogP contribution is 2.33. The minimum Gasteiger partial charge on any atom is -0.367 e. The first kappa shape index (κ1) is 24.0. The van der Waals surface area contributed by atoms with Gasteiger partial charge in [0.1, 0.15) is 10.7 Å². The van der Waals surface area contributed by atoms with E-state index in [9.17, 15) is 14.4 Å². The Hall–Kier alpha value is -3.70. The molecule has 0 unspecified atom stereocenters. The predicted molar refractivity (Wildman–Crippen MR) is 139 cm³/mol. The smallest absolute Gasteiger partial charge is 0.226 e. The van der Waals surface area contributed by atoms with E-state index in [1.165, 1.54) is 0 Å². The van der Waals surface area contributed by atoms with Crippen LogP contribution in [-0.4, -0.2) is 40.4 Å². The molecule has 1 heterocycles. The second-order valence-corrected chi connectivity index (χ2v) is 9.67. The van der Waals surface area contributed by atoms with E-state index in [-0.39, 0.29) is 34.1 Å². The zero-order valence-electron chi connectivity index (χ0n) is 19.9. The standard InChI is InChI=1S/C30H27ClN2O3/c31-26-27(29(35)25-14-8-7-13-24(25)28(26)34)32-17-15-23(16-18-32)30(36)33(19-21-9-3-1-4-10-21)20-22-11-5-2-6-12-22/h1-14,23H,15-20H2. The summed E-state index contributed by atoms with van der Waals surface area (Å²) in [4.78, 5) is 43.5. The molecule has 0 spiro atoms. The number of likely N-dealkylation sites (tertiary alicyclic amines) is 1. The lowest BCUT2D eigenvalue weighted by molar-refractivity contribution is -0.138. The van der Waals surface area contributed by atoms with Crippen LogP contribution in [-0.2, 0) is 17.9 Å². The number of ketones is 2. The molecular formula is C30H27ClN2O3. The van der Waals surface area contributed by atoms with Crippen LogP contribution in [0.4, 0.5) is 0 Å². The number of nitrogens with zero attached hydrogens (tertiary/aromatic N) is 2. The van der Waals surface area contributed by atoms with Gasteiger partial charge in [-0.05, 0) is 24.0 Å². The average Bonchev–Trinajstić information content (AvgIpc) is 2.93. The number of hydrogen-bond acceptors (Lipinski definition) is 4. The molecule has 0 bridgehead atoms. The Bertz CT molecular complexity index is 1270. The molecule has 0 aromatic heterocycles. The molecule has 3 aromatic carbocycles. The fourth-order valence-electron chi connectivity index (χ4n) is 5.04. The number of fused-ring (bicyclic) bond motifs is 1. The van der Waals surface area contributed by atoms with Gasteiger partial charge in [0, 0.05) is 43.2 Å². The molecule has 0 saturated carbocycles. The van der Waals surface area contributed by atoms with E-state index < -0.39 is 0 Å². The van der Waals surface area contributed by atoms with Crippen molar-refractivity contribution in [2.45, 2.75) is 25.9 Å². The minimum atomic E-state index is -0.322. The van der Waals surface area contributed by atoms with E-state index in [1.807, 2.05) is 70.5 Å². The van der Waals surface area contributed by atoms with Crippen LogP contribution in [0.15, 0.2) is 95.7 Å². The molecule has 1 aliphatic heterocycles. The lowest BCUT2D eigenvalue weighted by Gasteiger charge is -2.37. The van der Waals surface area contributed by atoms with Crippen molar-refractivity contribution in [3.05, 3.63) is 118 Å². The summed E-state index contributed by atoms with van der Waals surface area (Å²) in [5.41, 5.74) is 3.16. The summed E-state index contributed by atoms with van der Waals surface area (Å²) >= 11 is 6.41. The Labute approximate surface area is 216 Å². The van der Waals surface area contributed by atoms with Crippen LogP contribution in [0.3, 0.4) is 0 Å². The maximum Gasteiger partial charge on any atom is 0.226 e. The lowest BCUT2D eigenvalue weighted by atomic mass is 9.89. The average molecular weight is 499 g/mol. The highest BCUT2D eigenvalue weighted by molar-refractivity contribution is 6.49. The highest BCUT2D eigenvalue weighted by Gasteiger charge is 2.37. The van der Waals surface area contributed by atoms with Crippen molar-refractivity contribution in [2.75, 3.05) is 13.1 Å². The van der Waals surface area contributed by atoms with Crippen molar-refractivity contribution in [1.29, 1.82) is 0 Å². The van der Waals surface area contributed by atoms with Gasteiger partial charge in [-0.3, -0.25) is 14.4 Å². The van der Waals surface area contributed by atoms with Crippen LogP contribution in [0.1, 0.15) is 44.7 Å². The van der Waals surface area contributed by atoms with Crippen LogP contribution >= 0.6 is 11.6 Å². The lowest BCUT2D eigenvalue weighted by Crippen LogP contribution is -2.43. The summed E-state index contributed by atoms with van der Waals surface area (Å²) in [6.07, 6.45) is 1.19. The monoisotopic (exact) mass is 498 g/mol. The summed E-state index contributed by atoms with van der Waals surface area (Å²) in [5, 5.41) is -0.0294. The summed E-state index contributed by atoms with van der Waals surface area (Å²) in [6, 6.07) is 26.8. The molecule has 0 atom stereocenters. The third-order valence-electron chi connectivity index (χ3n) is 6.94. The Morgan fingerprint density at radius 2 is 1.22 bits per heavy atom. The van der Waals surface area contributed by atoms with Crippen LogP contribution in [0.25, 0.3) is 0 Å². The van der Waals surface area contributed by atoms with Gasteiger partial charge in [0.2, 0.25) is 17.5 Å². The summed E-state index contributed by atoms with van der Waals surface area (Å²) < 4.78 is 0. The Morgan fingerprint density at radius 3 is 1.75 bits per heavy atom. The number of piperidine rings is 1. The zero-order valence-corrected chi connectivity index (χ0v) is 20.7. The number of benzene rings is 3. The molecule has 5 rings (SSSR count). The van der Waals surface area contributed by atoms with E-state index in [1.54, 1.807) is 24.3 Å². The molecule has 36 heavy (non-hydrogen) atoms. The van der Waals surface area contributed by atoms with Gasteiger partial charge in [0.05, 0.1) is 0 Å². The van der Waals surface area contributed by atoms with E-state index in [2.05, 4.69) is 0 Å². The normalized spacial score (nSPS) is 16.2. The largest absolute Gasteiger partial charge is 0.367 e. The van der Waals surface area contributed by atoms with Crippen molar-refractivity contribution in [1.82, 2.24) is 9.80 Å². The molecule has 182 valence electrons. The van der Waals surface area contributed by atoms with Crippen molar-refractivity contribution in [3.8, 4) is 0 Å². The van der Waals surface area contributed by atoms with Crippen LogP contribution in [0, 0.1) is 5.92 Å². The van der Waals surface area contributed by atoms with E-state index >= 15 is 0 Å². The molecular weight excluding hydrogens is 472 g/mol. The quantitative estimate of drug-likeness (QED) is 0.453. The number of Topliss-reactive ketones (excluding diaryl/α,β-unsaturated/α-hetero) is 2. The first-order valence-electron chi connectivity index (χ1n) is 12.2. The highest BCUT2D eigenvalue weighted by atomic mass is 35.5. The molecule has 5 nitrogen and oxygen atoms in total. The molecule has 0 radical (unpaired) electrons. The second-order valence-electron chi connectivity index (χ2n) is 9.29. The Balaban J connectivity index is 1.31. The van der Waals surface area contributed by atoms with Crippen molar-refractivity contribution >= 4 is 29.1 Å². The number of allylic oxidation sites excluding steroid dienone is 2. The molecule has 1 amide bonds. The molecule has 1 aliphatic carbocycles. The maximum absolute atomic E-state index is 13.7. The number of hydrogen-bond donors (Lipinski definition) is 0. The second kappa shape index (κ2) is 10.5. The van der Waals surface area contributed by atoms with Crippen LogP contribution < -0.4 is 0 Å². The fraction of sp³-hybridized carbons (Fsp3) is 0.233. The topological polar surface area (TPSA) is 57.7 Å². The van der Waals surface area contributed by atoms with E-state index in [0.29, 0.717) is 50.1 Å². The van der Waals surface area contributed by atoms with Gasteiger partial charge in [-0.15, -0.1) is 0 Å². The number of carbonyl (C=O) groups excluding carboxylic acids is 3. The third-order valence-corrected chi connectivity index (χ3v) is 7.29. The molecule has 1 fully saturated rings. The van der Waals surface area contributed by atoms with Crippen molar-refractivity contribution < 1.29 is 14.4 Å². The summed E-state index contributed by atoms with van der Waals surface area (Å²) in [6.45, 7) is 2.06. The summed E-state index contributed by atoms with van der Waals surface area (Å²) in [7, 11) is 0. The predicted octanol–water partition coefficient (Wildman–Crippen LogP) is 5.46. The maximum atomic E-state index is 13.7. The molecule has 2 aliphatic rings. The molecule has 1 saturated heterocycles. The van der Waals surface area contributed by atoms with Gasteiger partial charge < -0.3 is 9.80 Å². The number of carbonyl (C=O) groups is 3. The molecule has 3 aromatic rings. The van der Waals surface area contributed by atoms with E-state index in [4.69, 9.17) is 11.6 Å². The van der Waals surface area contributed by atoms with Gasteiger partial charge in [0.25, 0.3) is 0 Å². The first-order chi connectivity index (χ1) is 17.5. The SMILES string of the molecule is O=C1C(Cl)=C(N2CCC(C(=O)N(Cc3ccccc3)Cc3ccccc3)CC2)C(=O)c2ccccc21. The molecule has 6 heteroatoms. The van der Waals surface area contributed by atoms with Gasteiger partial charge >= 0.3 is 0 Å². The number of rotatable bonds is 6. The summed E-state index contributed by atoms with van der Waals surface area (Å²) in [5.74, 6) is -0.597. The van der Waals surface area contributed by atoms with Gasteiger partial charge in [-0.2, -0.15) is 0 Å². The van der Waals surface area contributed by atoms with Crippen molar-refractivity contribution in [2.24, 2.45) is 5.92 Å². The molecule has 0 N–H and O–H groups in total. The Kier molecular flexibility index (Phi) is 7.01.